The molecule has 0 saturated heterocycles. The predicted molar refractivity (Wildman–Crippen MR) is 108 cm³/mol. The summed E-state index contributed by atoms with van der Waals surface area (Å²) in [5, 5.41) is 0.394. The van der Waals surface area contributed by atoms with Gasteiger partial charge in [0.1, 0.15) is 0 Å². The molecule has 2 aromatic carbocycles. The van der Waals surface area contributed by atoms with Crippen molar-refractivity contribution in [1.82, 2.24) is 15.6 Å². The Labute approximate surface area is 168 Å². The first kappa shape index (κ1) is 21.7. The summed E-state index contributed by atoms with van der Waals surface area (Å²) in [6.07, 6.45) is 0. The van der Waals surface area contributed by atoms with Gasteiger partial charge in [-0.2, -0.15) is 4.72 Å². The van der Waals surface area contributed by atoms with Crippen LogP contribution in [-0.4, -0.2) is 40.4 Å². The first-order valence-corrected chi connectivity index (χ1v) is 10.1. The summed E-state index contributed by atoms with van der Waals surface area (Å²) in [6.45, 7) is 1.36. The van der Waals surface area contributed by atoms with E-state index in [1.807, 2.05) is 25.1 Å². The molecule has 0 aliphatic heterocycles. The van der Waals surface area contributed by atoms with Crippen LogP contribution in [0.25, 0.3) is 0 Å². The van der Waals surface area contributed by atoms with Crippen molar-refractivity contribution in [2.24, 2.45) is 0 Å². The maximum Gasteiger partial charge on any atom is 0.269 e. The van der Waals surface area contributed by atoms with Crippen LogP contribution in [0.5, 0.6) is 0 Å². The lowest BCUT2D eigenvalue weighted by Crippen LogP contribution is -2.51. The number of carbonyl (C=O) groups excluding carboxylic acids is 2. The van der Waals surface area contributed by atoms with Gasteiger partial charge in [-0.25, -0.2) is 8.42 Å². The van der Waals surface area contributed by atoms with Crippen LogP contribution in [0.3, 0.4) is 0 Å². The van der Waals surface area contributed by atoms with E-state index in [-0.39, 0.29) is 4.90 Å². The Morgan fingerprint density at radius 3 is 2.29 bits per heavy atom. The maximum atomic E-state index is 12.3. The van der Waals surface area contributed by atoms with Gasteiger partial charge in [-0.3, -0.25) is 20.4 Å². The summed E-state index contributed by atoms with van der Waals surface area (Å²) in [4.78, 5) is 26.1. The predicted octanol–water partition coefficient (Wildman–Crippen LogP) is 1.53. The van der Waals surface area contributed by atoms with Gasteiger partial charge in [0.25, 0.3) is 11.8 Å². The largest absolute Gasteiger partial charge is 0.378 e. The normalized spacial score (nSPS) is 12.1. The Bertz CT molecular complexity index is 962. The summed E-state index contributed by atoms with van der Waals surface area (Å²) >= 11 is 5.74. The molecule has 0 aliphatic carbocycles. The first-order valence-electron chi connectivity index (χ1n) is 8.25. The van der Waals surface area contributed by atoms with Crippen LogP contribution >= 0.6 is 11.6 Å². The molecule has 0 radical (unpaired) electrons. The molecule has 0 unspecified atom stereocenters. The Morgan fingerprint density at radius 1 is 1.04 bits per heavy atom. The van der Waals surface area contributed by atoms with Gasteiger partial charge in [0.2, 0.25) is 10.0 Å². The number of hydrogen-bond donors (Lipinski definition) is 3. The Kier molecular flexibility index (Phi) is 7.00. The fourth-order valence-electron chi connectivity index (χ4n) is 2.19. The monoisotopic (exact) mass is 424 g/mol. The Hall–Kier alpha value is -2.62. The number of anilines is 1. The van der Waals surface area contributed by atoms with Crippen molar-refractivity contribution >= 4 is 39.1 Å². The van der Waals surface area contributed by atoms with Crippen molar-refractivity contribution in [1.29, 1.82) is 0 Å². The third-order valence-corrected chi connectivity index (χ3v) is 5.58. The van der Waals surface area contributed by atoms with E-state index >= 15 is 0 Å². The quantitative estimate of drug-likeness (QED) is 0.609. The summed E-state index contributed by atoms with van der Waals surface area (Å²) in [5.41, 5.74) is 5.65. The zero-order valence-corrected chi connectivity index (χ0v) is 17.1. The number of hydrogen-bond acceptors (Lipinski definition) is 5. The standard InChI is InChI=1S/C18H21ClN4O4S/c1-12(22-28(26,27)16-9-7-14(19)8-10-16)17(24)20-21-18(25)13-5-4-6-15(11-13)23(2)3/h4-12,22H,1-3H3,(H,20,24)(H,21,25)/t12-/m0/s1. The zero-order chi connectivity index (χ0) is 20.9. The van der Waals surface area contributed by atoms with Crippen molar-refractivity contribution in [3.8, 4) is 0 Å². The first-order chi connectivity index (χ1) is 13.1. The van der Waals surface area contributed by atoms with Crippen molar-refractivity contribution in [2.75, 3.05) is 19.0 Å². The number of nitrogens with one attached hydrogen (secondary N) is 3. The topological polar surface area (TPSA) is 108 Å². The molecule has 0 fully saturated rings. The highest BCUT2D eigenvalue weighted by Crippen LogP contribution is 2.14. The zero-order valence-electron chi connectivity index (χ0n) is 15.6. The van der Waals surface area contributed by atoms with Gasteiger partial charge in [0, 0.05) is 30.4 Å². The van der Waals surface area contributed by atoms with Crippen LogP contribution in [0.2, 0.25) is 5.02 Å². The third kappa shape index (κ3) is 5.69. The van der Waals surface area contributed by atoms with Gasteiger partial charge in [-0.05, 0) is 49.4 Å². The SMILES string of the molecule is C[C@H](NS(=O)(=O)c1ccc(Cl)cc1)C(=O)NNC(=O)c1cccc(N(C)C)c1. The number of carbonyl (C=O) groups is 2. The molecule has 0 spiro atoms. The van der Waals surface area contributed by atoms with Gasteiger partial charge in [0.05, 0.1) is 10.9 Å². The number of rotatable bonds is 6. The molecule has 3 N–H and O–H groups in total. The Morgan fingerprint density at radius 2 is 1.68 bits per heavy atom. The van der Waals surface area contributed by atoms with Crippen molar-refractivity contribution in [3.63, 3.8) is 0 Å². The summed E-state index contributed by atoms with van der Waals surface area (Å²) < 4.78 is 26.8. The van der Waals surface area contributed by atoms with E-state index in [4.69, 9.17) is 11.6 Å². The van der Waals surface area contributed by atoms with Crippen LogP contribution in [0.4, 0.5) is 5.69 Å². The summed E-state index contributed by atoms with van der Waals surface area (Å²) in [7, 11) is -0.234. The van der Waals surface area contributed by atoms with Crippen LogP contribution in [0.15, 0.2) is 53.4 Å². The molecule has 2 rings (SSSR count). The molecule has 0 bridgehead atoms. The third-order valence-electron chi connectivity index (χ3n) is 3.77. The summed E-state index contributed by atoms with van der Waals surface area (Å²) in [6, 6.07) is 11.2. The molecule has 0 aliphatic rings. The van der Waals surface area contributed by atoms with Crippen LogP contribution in [0, 0.1) is 0 Å². The molecular formula is C18H21ClN4O4S. The minimum atomic E-state index is -3.91. The number of nitrogens with zero attached hydrogens (tertiary/aromatic N) is 1. The maximum absolute atomic E-state index is 12.3. The van der Waals surface area contributed by atoms with Crippen molar-refractivity contribution in [2.45, 2.75) is 17.9 Å². The number of halogens is 1. The number of hydrazine groups is 1. The second kappa shape index (κ2) is 9.05. The van der Waals surface area contributed by atoms with E-state index in [1.54, 1.807) is 18.2 Å². The molecule has 0 aromatic heterocycles. The lowest BCUT2D eigenvalue weighted by Gasteiger charge is -2.16. The lowest BCUT2D eigenvalue weighted by molar-refractivity contribution is -0.123. The Balaban J connectivity index is 1.96. The van der Waals surface area contributed by atoms with E-state index in [0.29, 0.717) is 10.6 Å². The van der Waals surface area contributed by atoms with Crippen LogP contribution in [0.1, 0.15) is 17.3 Å². The molecule has 1 atom stereocenters. The van der Waals surface area contributed by atoms with Crippen LogP contribution in [-0.2, 0) is 14.8 Å². The highest BCUT2D eigenvalue weighted by atomic mass is 35.5. The smallest absolute Gasteiger partial charge is 0.269 e. The van der Waals surface area contributed by atoms with E-state index in [2.05, 4.69) is 15.6 Å². The molecule has 8 nitrogen and oxygen atoms in total. The fourth-order valence-corrected chi connectivity index (χ4v) is 3.52. The van der Waals surface area contributed by atoms with Gasteiger partial charge in [-0.1, -0.05) is 17.7 Å². The molecule has 2 amide bonds. The van der Waals surface area contributed by atoms with E-state index in [9.17, 15) is 18.0 Å². The molecule has 0 saturated carbocycles. The van der Waals surface area contributed by atoms with Gasteiger partial charge in [-0.15, -0.1) is 0 Å². The average molecular weight is 425 g/mol. The second-order valence-corrected chi connectivity index (χ2v) is 8.34. The number of sulfonamides is 1. The minimum absolute atomic E-state index is 0.0268. The van der Waals surface area contributed by atoms with Gasteiger partial charge < -0.3 is 4.90 Å². The van der Waals surface area contributed by atoms with Gasteiger partial charge in [0.15, 0.2) is 0 Å². The van der Waals surface area contributed by atoms with E-state index in [0.717, 1.165) is 5.69 Å². The lowest BCUT2D eigenvalue weighted by atomic mass is 10.2. The van der Waals surface area contributed by atoms with Gasteiger partial charge >= 0.3 is 0 Å². The van der Waals surface area contributed by atoms with E-state index in [1.165, 1.54) is 31.2 Å². The van der Waals surface area contributed by atoms with Crippen LogP contribution < -0.4 is 20.5 Å². The number of benzene rings is 2. The molecule has 10 heteroatoms. The van der Waals surface area contributed by atoms with Crippen molar-refractivity contribution in [3.05, 3.63) is 59.1 Å². The average Bonchev–Trinajstić information content (AvgIpc) is 2.65. The highest BCUT2D eigenvalue weighted by molar-refractivity contribution is 7.89. The number of amides is 2. The molecule has 150 valence electrons. The molecule has 0 heterocycles. The van der Waals surface area contributed by atoms with Crippen molar-refractivity contribution < 1.29 is 18.0 Å². The molecule has 2 aromatic rings. The fraction of sp³-hybridized carbons (Fsp3) is 0.222. The molecule has 28 heavy (non-hydrogen) atoms. The summed E-state index contributed by atoms with van der Waals surface area (Å²) in [5.74, 6) is -1.24. The highest BCUT2D eigenvalue weighted by Gasteiger charge is 2.22. The second-order valence-electron chi connectivity index (χ2n) is 6.19. The molecular weight excluding hydrogens is 404 g/mol. The minimum Gasteiger partial charge on any atom is -0.378 e. The van der Waals surface area contributed by atoms with E-state index < -0.39 is 27.9 Å².